The van der Waals surface area contributed by atoms with Crippen molar-refractivity contribution in [2.24, 2.45) is 0 Å². The monoisotopic (exact) mass is 339 g/mol. The molecule has 0 aliphatic carbocycles. The first-order chi connectivity index (χ1) is 12.3. The molecule has 2 saturated heterocycles. The van der Waals surface area contributed by atoms with Crippen LogP contribution in [0.1, 0.15) is 23.2 Å². The molecular weight excluding hydrogens is 318 g/mol. The van der Waals surface area contributed by atoms with Crippen LogP contribution >= 0.6 is 0 Å². The SMILES string of the molecule is O=C(N[C@H]1COC[C@@H]1N1CCCC1)c1cnc(-c2ccncc2)nc1. The number of hydrogen-bond acceptors (Lipinski definition) is 6. The molecule has 1 amide bonds. The molecule has 4 heterocycles. The van der Waals surface area contributed by atoms with Gasteiger partial charge in [-0.1, -0.05) is 0 Å². The number of likely N-dealkylation sites (tertiary alicyclic amines) is 1. The van der Waals surface area contributed by atoms with E-state index in [9.17, 15) is 4.79 Å². The topological polar surface area (TPSA) is 80.2 Å². The molecule has 2 fully saturated rings. The molecule has 4 rings (SSSR count). The standard InChI is InChI=1S/C18H21N5O2/c24-18(22-15-11-25-12-16(15)23-7-1-2-8-23)14-9-20-17(21-10-14)13-3-5-19-6-4-13/h3-6,9-10,15-16H,1-2,7-8,11-12H2,(H,22,24)/t15-,16-/m0/s1. The lowest BCUT2D eigenvalue weighted by Gasteiger charge is -2.27. The Balaban J connectivity index is 1.42. The molecule has 2 aliphatic rings. The van der Waals surface area contributed by atoms with Crippen LogP contribution in [0.4, 0.5) is 0 Å². The zero-order valence-corrected chi connectivity index (χ0v) is 14.0. The fourth-order valence-electron chi connectivity index (χ4n) is 3.46. The Morgan fingerprint density at radius 3 is 2.56 bits per heavy atom. The second-order valence-corrected chi connectivity index (χ2v) is 6.46. The number of amides is 1. The van der Waals surface area contributed by atoms with Crippen molar-refractivity contribution in [3.63, 3.8) is 0 Å². The average Bonchev–Trinajstić information content (AvgIpc) is 3.34. The van der Waals surface area contributed by atoms with E-state index in [2.05, 4.69) is 25.2 Å². The summed E-state index contributed by atoms with van der Waals surface area (Å²) in [6, 6.07) is 3.96. The molecule has 7 nitrogen and oxygen atoms in total. The van der Waals surface area contributed by atoms with Gasteiger partial charge in [0.15, 0.2) is 5.82 Å². The van der Waals surface area contributed by atoms with Crippen molar-refractivity contribution in [3.05, 3.63) is 42.5 Å². The van der Waals surface area contributed by atoms with E-state index in [4.69, 9.17) is 4.74 Å². The summed E-state index contributed by atoms with van der Waals surface area (Å²) < 4.78 is 5.60. The first-order valence-corrected chi connectivity index (χ1v) is 8.66. The normalized spacial score (nSPS) is 23.7. The van der Waals surface area contributed by atoms with Crippen molar-refractivity contribution < 1.29 is 9.53 Å². The number of rotatable bonds is 4. The van der Waals surface area contributed by atoms with Gasteiger partial charge in [-0.2, -0.15) is 0 Å². The van der Waals surface area contributed by atoms with Gasteiger partial charge in [0, 0.05) is 30.4 Å². The van der Waals surface area contributed by atoms with E-state index < -0.39 is 0 Å². The molecule has 0 unspecified atom stereocenters. The van der Waals surface area contributed by atoms with Crippen LogP contribution in [-0.4, -0.2) is 64.1 Å². The summed E-state index contributed by atoms with van der Waals surface area (Å²) in [4.78, 5) is 27.5. The smallest absolute Gasteiger partial charge is 0.254 e. The third-order valence-electron chi connectivity index (χ3n) is 4.83. The molecular formula is C18H21N5O2. The third-order valence-corrected chi connectivity index (χ3v) is 4.83. The van der Waals surface area contributed by atoms with Crippen molar-refractivity contribution in [1.29, 1.82) is 0 Å². The summed E-state index contributed by atoms with van der Waals surface area (Å²) in [5, 5.41) is 3.09. The number of nitrogens with zero attached hydrogens (tertiary/aromatic N) is 4. The van der Waals surface area contributed by atoms with Gasteiger partial charge in [0.1, 0.15) is 0 Å². The third kappa shape index (κ3) is 3.52. The van der Waals surface area contributed by atoms with Crippen LogP contribution in [0, 0.1) is 0 Å². The Morgan fingerprint density at radius 1 is 1.12 bits per heavy atom. The van der Waals surface area contributed by atoms with Gasteiger partial charge in [-0.3, -0.25) is 14.7 Å². The number of nitrogens with one attached hydrogen (secondary N) is 1. The van der Waals surface area contributed by atoms with Crippen molar-refractivity contribution in [3.8, 4) is 11.4 Å². The van der Waals surface area contributed by atoms with Gasteiger partial charge in [-0.05, 0) is 38.1 Å². The van der Waals surface area contributed by atoms with Crippen molar-refractivity contribution in [2.75, 3.05) is 26.3 Å². The second kappa shape index (κ2) is 7.25. The van der Waals surface area contributed by atoms with E-state index in [-0.39, 0.29) is 18.0 Å². The number of carbonyl (C=O) groups excluding carboxylic acids is 1. The molecule has 0 radical (unpaired) electrons. The minimum atomic E-state index is -0.152. The van der Waals surface area contributed by atoms with Gasteiger partial charge in [-0.15, -0.1) is 0 Å². The largest absolute Gasteiger partial charge is 0.378 e. The molecule has 0 saturated carbocycles. The Morgan fingerprint density at radius 2 is 1.84 bits per heavy atom. The predicted octanol–water partition coefficient (Wildman–Crippen LogP) is 1.13. The lowest BCUT2D eigenvalue weighted by atomic mass is 10.1. The summed E-state index contributed by atoms with van der Waals surface area (Å²) in [6.45, 7) is 3.42. The highest BCUT2D eigenvalue weighted by atomic mass is 16.5. The Labute approximate surface area is 146 Å². The summed E-state index contributed by atoms with van der Waals surface area (Å²) in [5.41, 5.74) is 1.34. The van der Waals surface area contributed by atoms with Crippen LogP contribution in [-0.2, 0) is 4.74 Å². The molecule has 0 aromatic carbocycles. The molecule has 1 N–H and O–H groups in total. The van der Waals surface area contributed by atoms with E-state index >= 15 is 0 Å². The summed E-state index contributed by atoms with van der Waals surface area (Å²) in [6.07, 6.45) is 8.97. The first-order valence-electron chi connectivity index (χ1n) is 8.66. The molecule has 130 valence electrons. The molecule has 2 aromatic rings. The molecule has 7 heteroatoms. The number of pyridine rings is 1. The van der Waals surface area contributed by atoms with E-state index in [0.29, 0.717) is 24.6 Å². The fourth-order valence-corrected chi connectivity index (χ4v) is 3.46. The zero-order chi connectivity index (χ0) is 17.1. The first kappa shape index (κ1) is 16.1. The average molecular weight is 339 g/mol. The summed E-state index contributed by atoms with van der Waals surface area (Å²) in [5.74, 6) is 0.430. The van der Waals surface area contributed by atoms with Gasteiger partial charge in [-0.25, -0.2) is 9.97 Å². The minimum absolute atomic E-state index is 0.0190. The fraction of sp³-hybridized carbons (Fsp3) is 0.444. The summed E-state index contributed by atoms with van der Waals surface area (Å²) in [7, 11) is 0. The highest BCUT2D eigenvalue weighted by Crippen LogP contribution is 2.19. The minimum Gasteiger partial charge on any atom is -0.378 e. The molecule has 2 atom stereocenters. The van der Waals surface area contributed by atoms with Gasteiger partial charge in [0.2, 0.25) is 0 Å². The Bertz CT molecular complexity index is 716. The molecule has 0 bridgehead atoms. The molecule has 0 spiro atoms. The van der Waals surface area contributed by atoms with Gasteiger partial charge >= 0.3 is 0 Å². The maximum absolute atomic E-state index is 12.5. The van der Waals surface area contributed by atoms with Gasteiger partial charge in [0.05, 0.1) is 30.9 Å². The molecule has 25 heavy (non-hydrogen) atoms. The van der Waals surface area contributed by atoms with Crippen LogP contribution in [0.15, 0.2) is 36.9 Å². The second-order valence-electron chi connectivity index (χ2n) is 6.46. The van der Waals surface area contributed by atoms with Crippen LogP contribution in [0.25, 0.3) is 11.4 Å². The van der Waals surface area contributed by atoms with Gasteiger partial charge < -0.3 is 10.1 Å². The van der Waals surface area contributed by atoms with Crippen LogP contribution < -0.4 is 5.32 Å². The predicted molar refractivity (Wildman–Crippen MR) is 91.9 cm³/mol. The highest BCUT2D eigenvalue weighted by molar-refractivity contribution is 5.94. The van der Waals surface area contributed by atoms with Crippen LogP contribution in [0.3, 0.4) is 0 Å². The van der Waals surface area contributed by atoms with Gasteiger partial charge in [0.25, 0.3) is 5.91 Å². The highest BCUT2D eigenvalue weighted by Gasteiger charge is 2.35. The van der Waals surface area contributed by atoms with Crippen molar-refractivity contribution in [2.45, 2.75) is 24.9 Å². The number of hydrogen-bond donors (Lipinski definition) is 1. The summed E-state index contributed by atoms with van der Waals surface area (Å²) >= 11 is 0. The van der Waals surface area contributed by atoms with E-state index in [1.807, 2.05) is 12.1 Å². The molecule has 2 aliphatic heterocycles. The quantitative estimate of drug-likeness (QED) is 0.899. The molecule has 2 aromatic heterocycles. The van der Waals surface area contributed by atoms with Crippen molar-refractivity contribution >= 4 is 5.91 Å². The lowest BCUT2D eigenvalue weighted by molar-refractivity contribution is 0.0916. The van der Waals surface area contributed by atoms with E-state index in [1.165, 1.54) is 12.8 Å². The number of ether oxygens (including phenoxy) is 1. The maximum Gasteiger partial charge on any atom is 0.254 e. The van der Waals surface area contributed by atoms with Crippen LogP contribution in [0.2, 0.25) is 0 Å². The lowest BCUT2D eigenvalue weighted by Crippen LogP contribution is -2.50. The van der Waals surface area contributed by atoms with E-state index in [1.54, 1.807) is 24.8 Å². The van der Waals surface area contributed by atoms with Crippen LogP contribution in [0.5, 0.6) is 0 Å². The number of carbonyl (C=O) groups is 1. The number of aromatic nitrogens is 3. The van der Waals surface area contributed by atoms with Crippen molar-refractivity contribution in [1.82, 2.24) is 25.2 Å². The Hall–Kier alpha value is -2.38. The zero-order valence-electron chi connectivity index (χ0n) is 14.0. The Kier molecular flexibility index (Phi) is 4.67. The maximum atomic E-state index is 12.5. The van der Waals surface area contributed by atoms with E-state index in [0.717, 1.165) is 18.7 Å².